The first-order valence-electron chi connectivity index (χ1n) is 9.65. The normalized spacial score (nSPS) is 22.1. The number of Topliss-reactive ketones (excluding diaryl/α,β-unsaturated/α-hetero) is 1. The summed E-state index contributed by atoms with van der Waals surface area (Å²) in [5, 5.41) is 14.8. The van der Waals surface area contributed by atoms with Crippen molar-refractivity contribution in [3.63, 3.8) is 0 Å². The van der Waals surface area contributed by atoms with E-state index in [2.05, 4.69) is 10.1 Å². The molecule has 2 atom stereocenters. The fourth-order valence-corrected chi connectivity index (χ4v) is 3.83. The van der Waals surface area contributed by atoms with Gasteiger partial charge in [0.25, 0.3) is 0 Å². The van der Waals surface area contributed by atoms with Crippen LogP contribution in [0.5, 0.6) is 0 Å². The van der Waals surface area contributed by atoms with Crippen molar-refractivity contribution < 1.29 is 19.4 Å². The van der Waals surface area contributed by atoms with Crippen LogP contribution < -0.4 is 4.90 Å². The number of hydrogen-bond donors (Lipinski definition) is 1. The summed E-state index contributed by atoms with van der Waals surface area (Å²) in [4.78, 5) is 30.9. The highest BCUT2D eigenvalue weighted by molar-refractivity contribution is 6.30. The molecule has 1 saturated carbocycles. The van der Waals surface area contributed by atoms with Crippen LogP contribution in [0.3, 0.4) is 0 Å². The maximum absolute atomic E-state index is 12.9. The molecule has 158 valence electrons. The Hall–Kier alpha value is -2.19. The van der Waals surface area contributed by atoms with E-state index in [4.69, 9.17) is 16.3 Å². The van der Waals surface area contributed by atoms with Crippen LogP contribution in [-0.4, -0.2) is 49.8 Å². The van der Waals surface area contributed by atoms with Gasteiger partial charge >= 0.3 is 6.09 Å². The van der Waals surface area contributed by atoms with Gasteiger partial charge < -0.3 is 9.84 Å². The highest BCUT2D eigenvalue weighted by atomic mass is 35.5. The molecule has 0 bridgehead atoms. The van der Waals surface area contributed by atoms with Crippen LogP contribution in [0.2, 0.25) is 5.15 Å². The van der Waals surface area contributed by atoms with E-state index in [1.807, 2.05) is 0 Å². The van der Waals surface area contributed by atoms with Crippen molar-refractivity contribution in [1.82, 2.24) is 14.6 Å². The highest BCUT2D eigenvalue weighted by Gasteiger charge is 2.38. The number of carbonyl (C=O) groups is 2. The van der Waals surface area contributed by atoms with Crippen LogP contribution in [-0.2, 0) is 4.74 Å². The molecule has 1 amide bonds. The zero-order valence-electron chi connectivity index (χ0n) is 17.4. The van der Waals surface area contributed by atoms with Gasteiger partial charge in [-0.1, -0.05) is 18.0 Å². The van der Waals surface area contributed by atoms with Gasteiger partial charge in [-0.15, -0.1) is 0 Å². The number of aromatic nitrogens is 3. The van der Waals surface area contributed by atoms with Crippen LogP contribution in [0.25, 0.3) is 5.65 Å². The van der Waals surface area contributed by atoms with Gasteiger partial charge in [0, 0.05) is 19.5 Å². The fraction of sp³-hybridized carbons (Fsp3) is 0.600. The van der Waals surface area contributed by atoms with Gasteiger partial charge in [0.15, 0.2) is 11.4 Å². The molecule has 1 N–H and O–H groups in total. The summed E-state index contributed by atoms with van der Waals surface area (Å²) in [5.41, 5.74) is -0.920. The van der Waals surface area contributed by atoms with Gasteiger partial charge in [0.1, 0.15) is 16.6 Å². The lowest BCUT2D eigenvalue weighted by atomic mass is 9.87. The molecule has 1 fully saturated rings. The Bertz CT molecular complexity index is 948. The summed E-state index contributed by atoms with van der Waals surface area (Å²) in [7, 11) is 1.54. The first kappa shape index (κ1) is 21.5. The zero-order valence-corrected chi connectivity index (χ0v) is 18.2. The summed E-state index contributed by atoms with van der Waals surface area (Å²) in [5.74, 6) is 0.0713. The Balaban J connectivity index is 1.93. The predicted octanol–water partition coefficient (Wildman–Crippen LogP) is 3.88. The van der Waals surface area contributed by atoms with Crippen molar-refractivity contribution in [2.24, 2.45) is 5.92 Å². The molecule has 2 aromatic heterocycles. The van der Waals surface area contributed by atoms with E-state index in [0.717, 1.165) is 12.8 Å². The monoisotopic (exact) mass is 422 g/mol. The Kier molecular flexibility index (Phi) is 5.62. The quantitative estimate of drug-likeness (QED) is 0.593. The molecule has 2 aromatic rings. The Morgan fingerprint density at radius 2 is 2.14 bits per heavy atom. The van der Waals surface area contributed by atoms with Crippen molar-refractivity contribution in [2.75, 3.05) is 11.9 Å². The van der Waals surface area contributed by atoms with Crippen LogP contribution >= 0.6 is 11.6 Å². The third-order valence-electron chi connectivity index (χ3n) is 5.28. The number of aliphatic hydroxyl groups is 1. The first-order valence-corrected chi connectivity index (χ1v) is 10.0. The number of anilines is 1. The number of carbonyl (C=O) groups excluding carboxylic acids is 2. The van der Waals surface area contributed by atoms with Crippen molar-refractivity contribution in [3.8, 4) is 0 Å². The second-order valence-corrected chi connectivity index (χ2v) is 9.23. The molecular weight excluding hydrogens is 396 g/mol. The smallest absolute Gasteiger partial charge is 0.415 e. The Labute approximate surface area is 174 Å². The van der Waals surface area contributed by atoms with E-state index >= 15 is 0 Å². The summed E-state index contributed by atoms with van der Waals surface area (Å²) in [6.07, 6.45) is 3.45. The Morgan fingerprint density at radius 1 is 1.45 bits per heavy atom. The summed E-state index contributed by atoms with van der Waals surface area (Å²) < 4.78 is 6.79. The van der Waals surface area contributed by atoms with E-state index in [1.165, 1.54) is 28.7 Å². The average Bonchev–Trinajstić information content (AvgIpc) is 3.15. The maximum atomic E-state index is 12.9. The van der Waals surface area contributed by atoms with E-state index < -0.39 is 17.3 Å². The second-order valence-electron chi connectivity index (χ2n) is 8.84. The van der Waals surface area contributed by atoms with Crippen molar-refractivity contribution in [3.05, 3.63) is 23.0 Å². The molecule has 2 heterocycles. The lowest BCUT2D eigenvalue weighted by Crippen LogP contribution is -2.35. The van der Waals surface area contributed by atoms with Crippen LogP contribution in [0.15, 0.2) is 12.3 Å². The first-order chi connectivity index (χ1) is 13.4. The largest absolute Gasteiger partial charge is 0.443 e. The number of amides is 1. The van der Waals surface area contributed by atoms with E-state index in [0.29, 0.717) is 17.8 Å². The molecule has 3 rings (SSSR count). The maximum Gasteiger partial charge on any atom is 0.415 e. The van der Waals surface area contributed by atoms with E-state index in [9.17, 15) is 14.7 Å². The molecule has 0 aromatic carbocycles. The number of rotatable bonds is 4. The van der Waals surface area contributed by atoms with Crippen LogP contribution in [0, 0.1) is 5.92 Å². The second kappa shape index (κ2) is 7.57. The van der Waals surface area contributed by atoms with Crippen molar-refractivity contribution in [1.29, 1.82) is 0 Å². The topological polar surface area (TPSA) is 97.0 Å². The third-order valence-corrected chi connectivity index (χ3v) is 5.47. The van der Waals surface area contributed by atoms with E-state index in [-0.39, 0.29) is 28.9 Å². The number of ether oxygens (including phenoxy) is 1. The van der Waals surface area contributed by atoms with E-state index in [1.54, 1.807) is 27.7 Å². The molecule has 0 unspecified atom stereocenters. The molecule has 9 heteroatoms. The summed E-state index contributed by atoms with van der Waals surface area (Å²) in [6, 6.07) is 1.49. The average molecular weight is 423 g/mol. The minimum absolute atomic E-state index is 0.104. The Morgan fingerprint density at radius 3 is 2.72 bits per heavy atom. The van der Waals surface area contributed by atoms with Crippen LogP contribution in [0.4, 0.5) is 10.6 Å². The van der Waals surface area contributed by atoms with Crippen molar-refractivity contribution in [2.45, 2.75) is 64.6 Å². The number of halogens is 1. The van der Waals surface area contributed by atoms with Gasteiger partial charge in [0.05, 0.1) is 17.4 Å². The predicted molar refractivity (Wildman–Crippen MR) is 110 cm³/mol. The summed E-state index contributed by atoms with van der Waals surface area (Å²) in [6.45, 7) is 7.10. The molecule has 8 nitrogen and oxygen atoms in total. The van der Waals surface area contributed by atoms with Crippen LogP contribution in [0.1, 0.15) is 63.7 Å². The van der Waals surface area contributed by atoms with Gasteiger partial charge in [-0.3, -0.25) is 9.69 Å². The minimum Gasteiger partial charge on any atom is -0.443 e. The summed E-state index contributed by atoms with van der Waals surface area (Å²) >= 11 is 6.17. The molecule has 29 heavy (non-hydrogen) atoms. The molecular formula is C20H27ClN4O4. The standard InChI is InChI=1S/C20H27ClN4O4/c1-19(2,3)29-18(27)24(5)16-10-15(21)23-17-13(11-22-25(16)17)14(26)9-12-7-6-8-20(12,4)28/h10-12,28H,6-9H2,1-5H3/t12-,20+/m1/s1. The lowest BCUT2D eigenvalue weighted by molar-refractivity contribution is 0.0182. The molecule has 1 aliphatic rings. The van der Waals surface area contributed by atoms with Crippen molar-refractivity contribution >= 4 is 34.9 Å². The molecule has 1 aliphatic carbocycles. The molecule has 0 aliphatic heterocycles. The fourth-order valence-electron chi connectivity index (χ4n) is 3.65. The van der Waals surface area contributed by atoms with Gasteiger partial charge in [-0.2, -0.15) is 9.61 Å². The number of fused-ring (bicyclic) bond motifs is 1. The molecule has 0 radical (unpaired) electrons. The molecule has 0 saturated heterocycles. The van der Waals surface area contributed by atoms with Gasteiger partial charge in [-0.25, -0.2) is 9.78 Å². The highest BCUT2D eigenvalue weighted by Crippen LogP contribution is 2.38. The number of ketones is 1. The number of nitrogens with zero attached hydrogens (tertiary/aromatic N) is 4. The third kappa shape index (κ3) is 4.53. The SMILES string of the molecule is CN(C(=O)OC(C)(C)C)c1cc(Cl)nc2c(C(=O)C[C@H]3CCC[C@]3(C)O)cnn12. The molecule has 0 spiro atoms. The minimum atomic E-state index is -0.841. The zero-order chi connectivity index (χ0) is 21.6. The van der Waals surface area contributed by atoms with Gasteiger partial charge in [-0.05, 0) is 46.5 Å². The number of hydrogen-bond acceptors (Lipinski definition) is 6. The van der Waals surface area contributed by atoms with Gasteiger partial charge in [0.2, 0.25) is 0 Å². The lowest BCUT2D eigenvalue weighted by Gasteiger charge is -2.25.